The molecular weight excluding hydrogens is 224 g/mol. The number of sulfonamides is 1. The summed E-state index contributed by atoms with van der Waals surface area (Å²) >= 11 is 0. The van der Waals surface area contributed by atoms with Gasteiger partial charge in [-0.25, -0.2) is 13.1 Å². The summed E-state index contributed by atoms with van der Waals surface area (Å²) in [6, 6.07) is 0.0582. The standard InChI is InChI=1S/C11H24N2O2S/c1-10(2)9(11(10,3)4)13-16(14,15)8-6-5-7-12/h9,13H,5-8,12H2,1-4H3. The molecule has 1 rings (SSSR count). The third-order valence-electron chi connectivity index (χ3n) is 4.19. The van der Waals surface area contributed by atoms with Gasteiger partial charge in [0.2, 0.25) is 10.0 Å². The Morgan fingerprint density at radius 3 is 2.00 bits per heavy atom. The van der Waals surface area contributed by atoms with Gasteiger partial charge in [0.15, 0.2) is 0 Å². The van der Waals surface area contributed by atoms with Gasteiger partial charge in [0, 0.05) is 6.04 Å². The molecule has 0 atom stereocenters. The van der Waals surface area contributed by atoms with Gasteiger partial charge in [-0.1, -0.05) is 27.7 Å². The Kier molecular flexibility index (Phi) is 3.72. The smallest absolute Gasteiger partial charge is 0.211 e. The predicted molar refractivity (Wildman–Crippen MR) is 66.6 cm³/mol. The van der Waals surface area contributed by atoms with Crippen LogP contribution in [0.5, 0.6) is 0 Å². The largest absolute Gasteiger partial charge is 0.330 e. The van der Waals surface area contributed by atoms with E-state index in [1.165, 1.54) is 0 Å². The van der Waals surface area contributed by atoms with E-state index in [0.717, 1.165) is 6.42 Å². The summed E-state index contributed by atoms with van der Waals surface area (Å²) in [4.78, 5) is 0. The zero-order valence-electron chi connectivity index (χ0n) is 10.7. The van der Waals surface area contributed by atoms with Gasteiger partial charge < -0.3 is 5.73 Å². The highest BCUT2D eigenvalue weighted by molar-refractivity contribution is 7.89. The molecule has 0 aromatic rings. The molecule has 0 aromatic carbocycles. The number of hydrogen-bond donors (Lipinski definition) is 2. The van der Waals surface area contributed by atoms with E-state index >= 15 is 0 Å². The fourth-order valence-electron chi connectivity index (χ4n) is 2.17. The van der Waals surface area contributed by atoms with Crippen molar-refractivity contribution in [1.82, 2.24) is 4.72 Å². The molecule has 0 radical (unpaired) electrons. The zero-order chi connectivity index (χ0) is 12.6. The first-order valence-corrected chi connectivity index (χ1v) is 7.50. The van der Waals surface area contributed by atoms with Gasteiger partial charge >= 0.3 is 0 Å². The maximum atomic E-state index is 11.8. The number of nitrogens with two attached hydrogens (primary N) is 1. The molecule has 0 aliphatic heterocycles. The van der Waals surface area contributed by atoms with Gasteiger partial charge in [-0.2, -0.15) is 0 Å². The molecule has 1 fully saturated rings. The second kappa shape index (κ2) is 4.27. The van der Waals surface area contributed by atoms with E-state index in [4.69, 9.17) is 5.73 Å². The molecule has 0 unspecified atom stereocenters. The summed E-state index contributed by atoms with van der Waals surface area (Å²) in [6.07, 6.45) is 1.40. The molecule has 0 bridgehead atoms. The van der Waals surface area contributed by atoms with Crippen LogP contribution in [0.15, 0.2) is 0 Å². The first kappa shape index (κ1) is 13.9. The van der Waals surface area contributed by atoms with Crippen LogP contribution in [0, 0.1) is 10.8 Å². The Morgan fingerprint density at radius 1 is 1.12 bits per heavy atom. The van der Waals surface area contributed by atoms with Crippen LogP contribution >= 0.6 is 0 Å². The van der Waals surface area contributed by atoms with E-state index < -0.39 is 10.0 Å². The maximum absolute atomic E-state index is 11.8. The molecule has 3 N–H and O–H groups in total. The lowest BCUT2D eigenvalue weighted by Gasteiger charge is -2.07. The highest BCUT2D eigenvalue weighted by Gasteiger charge is 2.65. The molecule has 0 heterocycles. The topological polar surface area (TPSA) is 72.2 Å². The monoisotopic (exact) mass is 248 g/mol. The highest BCUT2D eigenvalue weighted by atomic mass is 32.2. The highest BCUT2D eigenvalue weighted by Crippen LogP contribution is 2.62. The molecule has 96 valence electrons. The molecule has 1 aliphatic carbocycles. The van der Waals surface area contributed by atoms with Crippen LogP contribution in [0.1, 0.15) is 40.5 Å². The SMILES string of the molecule is CC1(C)C(NS(=O)(=O)CCCCN)C1(C)C. The minimum Gasteiger partial charge on any atom is -0.330 e. The van der Waals surface area contributed by atoms with Crippen molar-refractivity contribution < 1.29 is 8.42 Å². The van der Waals surface area contributed by atoms with E-state index in [9.17, 15) is 8.42 Å². The molecule has 0 saturated heterocycles. The van der Waals surface area contributed by atoms with Gasteiger partial charge in [0.1, 0.15) is 0 Å². The van der Waals surface area contributed by atoms with Crippen molar-refractivity contribution in [1.29, 1.82) is 0 Å². The van der Waals surface area contributed by atoms with Crippen molar-refractivity contribution in [3.8, 4) is 0 Å². The van der Waals surface area contributed by atoms with Crippen molar-refractivity contribution >= 4 is 10.0 Å². The van der Waals surface area contributed by atoms with E-state index in [0.29, 0.717) is 13.0 Å². The Bertz CT molecular complexity index is 333. The predicted octanol–water partition coefficient (Wildman–Crippen LogP) is 1.08. The first-order valence-electron chi connectivity index (χ1n) is 5.85. The third-order valence-corrected chi connectivity index (χ3v) is 5.61. The molecule has 5 heteroatoms. The Hall–Kier alpha value is -0.130. The van der Waals surface area contributed by atoms with Gasteiger partial charge in [-0.05, 0) is 30.2 Å². The lowest BCUT2D eigenvalue weighted by molar-refractivity contribution is 0.457. The van der Waals surface area contributed by atoms with Crippen molar-refractivity contribution in [3.05, 3.63) is 0 Å². The molecule has 0 spiro atoms. The molecule has 1 aliphatic rings. The van der Waals surface area contributed by atoms with Crippen molar-refractivity contribution in [2.75, 3.05) is 12.3 Å². The van der Waals surface area contributed by atoms with Crippen molar-refractivity contribution in [2.24, 2.45) is 16.6 Å². The van der Waals surface area contributed by atoms with E-state index in [1.807, 2.05) is 0 Å². The average molecular weight is 248 g/mol. The minimum absolute atomic E-state index is 0.0495. The minimum atomic E-state index is -3.14. The normalized spacial score (nSPS) is 23.3. The van der Waals surface area contributed by atoms with Gasteiger partial charge in [-0.3, -0.25) is 0 Å². The van der Waals surface area contributed by atoms with Crippen LogP contribution in [0.2, 0.25) is 0 Å². The van der Waals surface area contributed by atoms with Crippen LogP contribution in [0.4, 0.5) is 0 Å². The second-order valence-corrected chi connectivity index (χ2v) is 7.68. The van der Waals surface area contributed by atoms with Crippen LogP contribution in [-0.4, -0.2) is 26.8 Å². The van der Waals surface area contributed by atoms with Gasteiger partial charge in [0.05, 0.1) is 5.75 Å². The van der Waals surface area contributed by atoms with Gasteiger partial charge in [-0.15, -0.1) is 0 Å². The quantitative estimate of drug-likeness (QED) is 0.691. The number of unbranched alkanes of at least 4 members (excludes halogenated alkanes) is 1. The second-order valence-electron chi connectivity index (χ2n) is 5.81. The summed E-state index contributed by atoms with van der Waals surface area (Å²) in [5.74, 6) is 0.187. The third kappa shape index (κ3) is 2.57. The zero-order valence-corrected chi connectivity index (χ0v) is 11.5. The van der Waals surface area contributed by atoms with E-state index in [1.54, 1.807) is 0 Å². The molecule has 4 nitrogen and oxygen atoms in total. The Balaban J connectivity index is 2.50. The fourth-order valence-corrected chi connectivity index (χ4v) is 3.82. The van der Waals surface area contributed by atoms with Gasteiger partial charge in [0.25, 0.3) is 0 Å². The van der Waals surface area contributed by atoms with Crippen LogP contribution in [0.3, 0.4) is 0 Å². The molecule has 1 saturated carbocycles. The molecule has 0 aromatic heterocycles. The Morgan fingerprint density at radius 2 is 1.62 bits per heavy atom. The fraction of sp³-hybridized carbons (Fsp3) is 1.00. The Labute approximate surface area is 99.0 Å². The average Bonchev–Trinajstić information content (AvgIpc) is 2.48. The van der Waals surface area contributed by atoms with Crippen molar-refractivity contribution in [2.45, 2.75) is 46.6 Å². The van der Waals surface area contributed by atoms with Crippen LogP contribution < -0.4 is 10.5 Å². The number of rotatable bonds is 6. The molecular formula is C11H24N2O2S. The summed E-state index contributed by atoms with van der Waals surface area (Å²) in [5.41, 5.74) is 5.44. The summed E-state index contributed by atoms with van der Waals surface area (Å²) in [7, 11) is -3.14. The molecule has 0 amide bonds. The molecule has 16 heavy (non-hydrogen) atoms. The van der Waals surface area contributed by atoms with E-state index in [2.05, 4.69) is 32.4 Å². The van der Waals surface area contributed by atoms with E-state index in [-0.39, 0.29) is 22.6 Å². The lowest BCUT2D eigenvalue weighted by Crippen LogP contribution is -2.32. The summed E-state index contributed by atoms with van der Waals surface area (Å²) < 4.78 is 26.4. The number of nitrogens with one attached hydrogen (secondary N) is 1. The first-order chi connectivity index (χ1) is 7.15. The van der Waals surface area contributed by atoms with Crippen LogP contribution in [-0.2, 0) is 10.0 Å². The maximum Gasteiger partial charge on any atom is 0.211 e. The van der Waals surface area contributed by atoms with Crippen molar-refractivity contribution in [3.63, 3.8) is 0 Å². The summed E-state index contributed by atoms with van der Waals surface area (Å²) in [5, 5.41) is 0. The summed E-state index contributed by atoms with van der Waals surface area (Å²) in [6.45, 7) is 8.94. The lowest BCUT2D eigenvalue weighted by atomic mass is 10.0. The number of hydrogen-bond acceptors (Lipinski definition) is 3. The van der Waals surface area contributed by atoms with Crippen LogP contribution in [0.25, 0.3) is 0 Å².